The van der Waals surface area contributed by atoms with E-state index in [4.69, 9.17) is 0 Å². The zero-order chi connectivity index (χ0) is 28.4. The van der Waals surface area contributed by atoms with E-state index in [1.54, 1.807) is 0 Å². The van der Waals surface area contributed by atoms with Gasteiger partial charge in [-0.1, -0.05) is 180 Å². The Kier molecular flexibility index (Phi) is 22.0. The molecule has 1 unspecified atom stereocenters. The molecule has 1 atom stereocenters. The van der Waals surface area contributed by atoms with E-state index in [0.717, 1.165) is 0 Å². The quantitative estimate of drug-likeness (QED) is 0.0954. The fourth-order valence-electron chi connectivity index (χ4n) is 6.38. The van der Waals surface area contributed by atoms with E-state index >= 15 is 0 Å². The molecule has 0 aliphatic carbocycles. The second-order valence-electron chi connectivity index (χ2n) is 12.7. The molecule has 0 saturated carbocycles. The number of rotatable bonds is 28. The summed E-state index contributed by atoms with van der Waals surface area (Å²) in [7, 11) is 0. The van der Waals surface area contributed by atoms with Gasteiger partial charge in [0, 0.05) is 24.6 Å². The van der Waals surface area contributed by atoms with Crippen LogP contribution in [0.5, 0.6) is 0 Å². The van der Waals surface area contributed by atoms with Crippen LogP contribution in [-0.4, -0.2) is 17.6 Å². The van der Waals surface area contributed by atoms with Gasteiger partial charge in [0.25, 0.3) is 0 Å². The van der Waals surface area contributed by atoms with Gasteiger partial charge < -0.3 is 9.80 Å². The Balaban J connectivity index is 1.55. The van der Waals surface area contributed by atoms with Gasteiger partial charge in [-0.2, -0.15) is 0 Å². The van der Waals surface area contributed by atoms with Crippen molar-refractivity contribution in [2.75, 3.05) is 11.4 Å². The Morgan fingerprint density at radius 3 is 1.30 bits per heavy atom. The van der Waals surface area contributed by atoms with Gasteiger partial charge >= 0.3 is 0 Å². The highest BCUT2D eigenvalue weighted by Crippen LogP contribution is 2.28. The van der Waals surface area contributed by atoms with Crippen molar-refractivity contribution >= 4 is 5.69 Å². The number of unbranched alkanes of at least 4 members (excludes halogenated alkanes) is 23. The Bertz CT molecular complexity index is 684. The Labute approximate surface area is 251 Å². The van der Waals surface area contributed by atoms with Gasteiger partial charge in [0.1, 0.15) is 6.17 Å². The molecule has 1 heterocycles. The highest BCUT2D eigenvalue weighted by Gasteiger charge is 2.26. The maximum atomic E-state index is 2.64. The van der Waals surface area contributed by atoms with E-state index < -0.39 is 0 Å². The van der Waals surface area contributed by atoms with E-state index in [1.807, 2.05) is 0 Å². The van der Waals surface area contributed by atoms with Crippen LogP contribution in [0.3, 0.4) is 0 Å². The summed E-state index contributed by atoms with van der Waals surface area (Å²) in [5.74, 6) is 0. The summed E-state index contributed by atoms with van der Waals surface area (Å²) < 4.78 is 0. The molecular weight excluding hydrogens is 484 g/mol. The lowest BCUT2D eigenvalue weighted by Crippen LogP contribution is -2.39. The van der Waals surface area contributed by atoms with Crippen molar-refractivity contribution < 1.29 is 0 Å². The normalized spacial score (nSPS) is 15.0. The summed E-state index contributed by atoms with van der Waals surface area (Å²) in [6.45, 7) is 5.82. The van der Waals surface area contributed by atoms with Crippen LogP contribution in [0.4, 0.5) is 5.69 Å². The predicted molar refractivity (Wildman–Crippen MR) is 180 cm³/mol. The van der Waals surface area contributed by atoms with E-state index in [9.17, 15) is 0 Å². The minimum absolute atomic E-state index is 0.503. The number of hydrogen-bond donors (Lipinski definition) is 0. The standard InChI is InChI=1S/C38H68N2/c1-3-5-7-9-11-13-15-16-17-18-19-20-22-24-29-33-38-39(35-36-40(38)37-31-27-26-28-32-37)34-30-25-23-21-14-12-10-8-6-4-2/h26-28,31-32,35-36,38H,3-25,29-30,33-34H2,1-2H3. The maximum absolute atomic E-state index is 2.64. The lowest BCUT2D eigenvalue weighted by Gasteiger charge is -2.33. The Morgan fingerprint density at radius 1 is 0.450 bits per heavy atom. The molecule has 1 aromatic carbocycles. The predicted octanol–water partition coefficient (Wildman–Crippen LogP) is 12.8. The van der Waals surface area contributed by atoms with Gasteiger partial charge in [0.05, 0.1) is 0 Å². The first-order valence-electron chi connectivity index (χ1n) is 18.1. The maximum Gasteiger partial charge on any atom is 0.105 e. The fourth-order valence-corrected chi connectivity index (χ4v) is 6.38. The van der Waals surface area contributed by atoms with Crippen molar-refractivity contribution in [2.45, 2.75) is 187 Å². The van der Waals surface area contributed by atoms with Crippen LogP contribution in [-0.2, 0) is 0 Å². The van der Waals surface area contributed by atoms with Crippen LogP contribution in [0.15, 0.2) is 42.7 Å². The van der Waals surface area contributed by atoms with Gasteiger partial charge in [-0.05, 0) is 31.4 Å². The lowest BCUT2D eigenvalue weighted by molar-refractivity contribution is 0.273. The number of para-hydroxylation sites is 1. The summed E-state index contributed by atoms with van der Waals surface area (Å²) in [6.07, 6.45) is 42.1. The summed E-state index contributed by atoms with van der Waals surface area (Å²) in [4.78, 5) is 5.17. The van der Waals surface area contributed by atoms with Crippen LogP contribution in [0.1, 0.15) is 181 Å². The molecule has 0 amide bonds. The molecule has 0 fully saturated rings. The first kappa shape index (κ1) is 34.8. The third-order valence-corrected chi connectivity index (χ3v) is 9.01. The Hall–Kier alpha value is -1.44. The summed E-state index contributed by atoms with van der Waals surface area (Å²) in [5, 5.41) is 0. The average Bonchev–Trinajstić information content (AvgIpc) is 3.39. The lowest BCUT2D eigenvalue weighted by atomic mass is 10.0. The summed E-state index contributed by atoms with van der Waals surface area (Å²) >= 11 is 0. The largest absolute Gasteiger partial charge is 0.356 e. The van der Waals surface area contributed by atoms with Crippen molar-refractivity contribution in [3.05, 3.63) is 42.7 Å². The number of hydrogen-bond acceptors (Lipinski definition) is 2. The zero-order valence-corrected chi connectivity index (χ0v) is 27.1. The number of nitrogens with zero attached hydrogens (tertiary/aromatic N) is 2. The monoisotopic (exact) mass is 553 g/mol. The van der Waals surface area contributed by atoms with E-state index in [0.29, 0.717) is 6.17 Å². The number of anilines is 1. The third-order valence-electron chi connectivity index (χ3n) is 9.01. The molecule has 1 aromatic rings. The van der Waals surface area contributed by atoms with Gasteiger partial charge in [-0.3, -0.25) is 0 Å². The van der Waals surface area contributed by atoms with Gasteiger partial charge in [-0.15, -0.1) is 0 Å². The SMILES string of the molecule is CCCCCCCCCCCCCCCCCC1N(CCCCCCCCCCCC)C=CN1c1ccccc1. The Morgan fingerprint density at radius 2 is 0.850 bits per heavy atom. The van der Waals surface area contributed by atoms with Gasteiger partial charge in [0.2, 0.25) is 0 Å². The van der Waals surface area contributed by atoms with Crippen molar-refractivity contribution in [2.24, 2.45) is 0 Å². The van der Waals surface area contributed by atoms with Crippen LogP contribution in [0.2, 0.25) is 0 Å². The van der Waals surface area contributed by atoms with E-state index in [1.165, 1.54) is 179 Å². The highest BCUT2D eigenvalue weighted by atomic mass is 15.4. The van der Waals surface area contributed by atoms with E-state index in [-0.39, 0.29) is 0 Å². The molecule has 1 aliphatic rings. The molecule has 1 aliphatic heterocycles. The van der Waals surface area contributed by atoms with Crippen molar-refractivity contribution in [1.82, 2.24) is 4.90 Å². The molecule has 0 radical (unpaired) electrons. The van der Waals surface area contributed by atoms with Crippen molar-refractivity contribution in [3.8, 4) is 0 Å². The molecule has 2 nitrogen and oxygen atoms in total. The van der Waals surface area contributed by atoms with Crippen LogP contribution >= 0.6 is 0 Å². The van der Waals surface area contributed by atoms with E-state index in [2.05, 4.69) is 66.4 Å². The molecule has 0 spiro atoms. The molecular formula is C38H68N2. The average molecular weight is 553 g/mol. The second-order valence-corrected chi connectivity index (χ2v) is 12.7. The topological polar surface area (TPSA) is 6.48 Å². The van der Waals surface area contributed by atoms with Crippen LogP contribution in [0.25, 0.3) is 0 Å². The number of benzene rings is 1. The summed E-state index contributed by atoms with van der Waals surface area (Å²) in [6, 6.07) is 11.0. The zero-order valence-electron chi connectivity index (χ0n) is 27.1. The van der Waals surface area contributed by atoms with Crippen LogP contribution < -0.4 is 4.90 Å². The van der Waals surface area contributed by atoms with Gasteiger partial charge in [-0.25, -0.2) is 0 Å². The van der Waals surface area contributed by atoms with Crippen molar-refractivity contribution in [3.63, 3.8) is 0 Å². The molecule has 40 heavy (non-hydrogen) atoms. The molecule has 230 valence electrons. The molecule has 0 N–H and O–H groups in total. The second kappa shape index (κ2) is 25.3. The minimum Gasteiger partial charge on any atom is -0.356 e. The van der Waals surface area contributed by atoms with Crippen LogP contribution in [0, 0.1) is 0 Å². The molecule has 0 saturated heterocycles. The van der Waals surface area contributed by atoms with Crippen molar-refractivity contribution in [1.29, 1.82) is 0 Å². The minimum atomic E-state index is 0.503. The highest BCUT2D eigenvalue weighted by molar-refractivity contribution is 5.51. The first-order valence-corrected chi connectivity index (χ1v) is 18.1. The third kappa shape index (κ3) is 16.7. The summed E-state index contributed by atoms with van der Waals surface area (Å²) in [5.41, 5.74) is 1.34. The molecule has 2 rings (SSSR count). The first-order chi connectivity index (χ1) is 19.9. The molecule has 2 heteroatoms. The fraction of sp³-hybridized carbons (Fsp3) is 0.789. The smallest absolute Gasteiger partial charge is 0.105 e. The van der Waals surface area contributed by atoms with Gasteiger partial charge in [0.15, 0.2) is 0 Å². The molecule has 0 bridgehead atoms. The molecule has 0 aromatic heterocycles.